The van der Waals surface area contributed by atoms with Crippen LogP contribution in [0.3, 0.4) is 0 Å². The van der Waals surface area contributed by atoms with Gasteiger partial charge in [-0.3, -0.25) is 13.9 Å². The van der Waals surface area contributed by atoms with Crippen LogP contribution in [0.5, 0.6) is 0 Å². The highest BCUT2D eigenvalue weighted by Gasteiger charge is 2.26. The van der Waals surface area contributed by atoms with Crippen molar-refractivity contribution in [2.75, 3.05) is 23.7 Å². The third-order valence-electron chi connectivity index (χ3n) is 5.37. The Morgan fingerprint density at radius 3 is 2.31 bits per heavy atom. The van der Waals surface area contributed by atoms with E-state index in [1.807, 2.05) is 38.1 Å². The van der Waals surface area contributed by atoms with Crippen LogP contribution in [0.4, 0.5) is 5.69 Å². The van der Waals surface area contributed by atoms with E-state index in [4.69, 9.17) is 11.6 Å². The number of rotatable bonds is 12. The molecule has 2 rings (SSSR count). The van der Waals surface area contributed by atoms with Gasteiger partial charge < -0.3 is 10.2 Å². The minimum atomic E-state index is -3.57. The molecule has 7 nitrogen and oxygen atoms in total. The monoisotopic (exact) mass is 585 g/mol. The molecule has 2 amide bonds. The van der Waals surface area contributed by atoms with Crippen LogP contribution in [0.1, 0.15) is 39.2 Å². The van der Waals surface area contributed by atoms with Gasteiger partial charge in [-0.15, -0.1) is 0 Å². The zero-order valence-corrected chi connectivity index (χ0v) is 23.7. The number of nitrogens with one attached hydrogen (secondary N) is 1. The van der Waals surface area contributed by atoms with E-state index in [9.17, 15) is 18.0 Å². The van der Waals surface area contributed by atoms with Crippen LogP contribution in [0, 0.1) is 5.92 Å². The molecular formula is C25H33BrClN3O4S. The molecule has 2 aromatic carbocycles. The molecule has 0 spiro atoms. The predicted octanol–water partition coefficient (Wildman–Crippen LogP) is 4.84. The molecule has 1 atom stereocenters. The van der Waals surface area contributed by atoms with Crippen molar-refractivity contribution in [2.24, 2.45) is 5.92 Å². The van der Waals surface area contributed by atoms with Crippen molar-refractivity contribution in [3.05, 3.63) is 63.6 Å². The van der Waals surface area contributed by atoms with Gasteiger partial charge in [0.05, 0.1) is 11.9 Å². The molecule has 192 valence electrons. The van der Waals surface area contributed by atoms with Gasteiger partial charge in [-0.05, 0) is 55.2 Å². The Morgan fingerprint density at radius 2 is 1.74 bits per heavy atom. The molecule has 0 saturated heterocycles. The predicted molar refractivity (Wildman–Crippen MR) is 145 cm³/mol. The fourth-order valence-electron chi connectivity index (χ4n) is 3.46. The van der Waals surface area contributed by atoms with Crippen molar-refractivity contribution in [1.82, 2.24) is 10.2 Å². The average Bonchev–Trinajstić information content (AvgIpc) is 2.78. The highest BCUT2D eigenvalue weighted by atomic mass is 79.9. The van der Waals surface area contributed by atoms with Crippen LogP contribution in [-0.2, 0) is 26.2 Å². The summed E-state index contributed by atoms with van der Waals surface area (Å²) in [5.41, 5.74) is 1.34. The molecule has 0 aromatic heterocycles. The van der Waals surface area contributed by atoms with Crippen molar-refractivity contribution < 1.29 is 18.0 Å². The fourth-order valence-corrected chi connectivity index (χ4v) is 4.86. The molecule has 0 aliphatic carbocycles. The number of hydrogen-bond acceptors (Lipinski definition) is 4. The summed E-state index contributed by atoms with van der Waals surface area (Å²) in [6.07, 6.45) is 1.50. The normalized spacial score (nSPS) is 12.3. The van der Waals surface area contributed by atoms with Crippen LogP contribution < -0.4 is 9.62 Å². The topological polar surface area (TPSA) is 86.8 Å². The number of carbonyl (C=O) groups is 2. The maximum absolute atomic E-state index is 13.3. The van der Waals surface area contributed by atoms with E-state index < -0.39 is 16.1 Å². The lowest BCUT2D eigenvalue weighted by Gasteiger charge is -2.29. The van der Waals surface area contributed by atoms with Gasteiger partial charge in [0.25, 0.3) is 0 Å². The third-order valence-corrected chi connectivity index (χ3v) is 7.32. The number of carbonyl (C=O) groups excluding carboxylic acids is 2. The first-order valence-electron chi connectivity index (χ1n) is 11.4. The van der Waals surface area contributed by atoms with E-state index in [2.05, 4.69) is 21.2 Å². The Morgan fingerprint density at radius 1 is 1.09 bits per heavy atom. The van der Waals surface area contributed by atoms with E-state index in [1.54, 1.807) is 36.1 Å². The summed E-state index contributed by atoms with van der Waals surface area (Å²) in [7, 11) is -3.57. The van der Waals surface area contributed by atoms with Gasteiger partial charge in [-0.1, -0.05) is 59.6 Å². The van der Waals surface area contributed by atoms with E-state index in [1.165, 1.54) is 4.31 Å². The van der Waals surface area contributed by atoms with Gasteiger partial charge >= 0.3 is 0 Å². The number of benzene rings is 2. The van der Waals surface area contributed by atoms with Crippen molar-refractivity contribution in [2.45, 2.75) is 46.2 Å². The second kappa shape index (κ2) is 13.3. The molecule has 0 fully saturated rings. The molecule has 35 heavy (non-hydrogen) atoms. The van der Waals surface area contributed by atoms with Crippen molar-refractivity contribution in [3.8, 4) is 0 Å². The molecule has 0 saturated carbocycles. The smallest absolute Gasteiger partial charge is 0.242 e. The standard InChI is InChI=1S/C25H33BrClN3O4S/c1-18(2)16-28-25(32)19(3)29(17-20-10-12-21(26)13-11-20)24(31)9-6-14-30(35(4,33)34)23-8-5-7-22(27)15-23/h5,7-8,10-13,15,18-19H,6,9,14,16-17H2,1-4H3,(H,28,32)/t19-/m0/s1. The van der Waals surface area contributed by atoms with Gasteiger partial charge in [0.1, 0.15) is 6.04 Å². The summed E-state index contributed by atoms with van der Waals surface area (Å²) in [4.78, 5) is 27.6. The highest BCUT2D eigenvalue weighted by Crippen LogP contribution is 2.23. The zero-order chi connectivity index (χ0) is 26.2. The van der Waals surface area contributed by atoms with Gasteiger partial charge in [-0.2, -0.15) is 0 Å². The molecule has 0 radical (unpaired) electrons. The van der Waals surface area contributed by atoms with E-state index in [-0.39, 0.29) is 43.7 Å². The lowest BCUT2D eigenvalue weighted by molar-refractivity contribution is -0.140. The fraction of sp³-hybridized carbons (Fsp3) is 0.440. The SMILES string of the molecule is CC(C)CNC(=O)[C@H](C)N(Cc1ccc(Br)cc1)C(=O)CCCN(c1cccc(Cl)c1)S(C)(=O)=O. The third kappa shape index (κ3) is 9.46. The molecule has 0 heterocycles. The average molecular weight is 587 g/mol. The van der Waals surface area contributed by atoms with E-state index in [0.717, 1.165) is 16.3 Å². The largest absolute Gasteiger partial charge is 0.354 e. The Hall–Kier alpha value is -2.10. The Bertz CT molecular complexity index is 1110. The molecule has 1 N–H and O–H groups in total. The molecule has 0 bridgehead atoms. The van der Waals surface area contributed by atoms with Crippen molar-refractivity contribution in [1.29, 1.82) is 0 Å². The van der Waals surface area contributed by atoms with Crippen molar-refractivity contribution in [3.63, 3.8) is 0 Å². The number of anilines is 1. The summed E-state index contributed by atoms with van der Waals surface area (Å²) in [5, 5.41) is 3.32. The van der Waals surface area contributed by atoms with Crippen LogP contribution in [0.15, 0.2) is 53.0 Å². The van der Waals surface area contributed by atoms with Gasteiger partial charge in [0, 0.05) is 35.6 Å². The van der Waals surface area contributed by atoms with E-state index >= 15 is 0 Å². The number of halogens is 2. The molecular weight excluding hydrogens is 554 g/mol. The molecule has 0 aliphatic heterocycles. The summed E-state index contributed by atoms with van der Waals surface area (Å²) in [5.74, 6) is -0.157. The Labute approximate surface area is 222 Å². The van der Waals surface area contributed by atoms with Gasteiger partial charge in [0.15, 0.2) is 0 Å². The Balaban J connectivity index is 2.15. The first-order valence-corrected chi connectivity index (χ1v) is 14.4. The summed E-state index contributed by atoms with van der Waals surface area (Å²) < 4.78 is 26.9. The minimum Gasteiger partial charge on any atom is -0.354 e. The molecule has 2 aromatic rings. The molecule has 10 heteroatoms. The second-order valence-electron chi connectivity index (χ2n) is 8.88. The van der Waals surface area contributed by atoms with E-state index in [0.29, 0.717) is 17.3 Å². The quantitative estimate of drug-likeness (QED) is 0.386. The maximum Gasteiger partial charge on any atom is 0.242 e. The number of sulfonamides is 1. The number of nitrogens with zero attached hydrogens (tertiary/aromatic N) is 2. The summed E-state index contributed by atoms with van der Waals surface area (Å²) in [6.45, 7) is 6.62. The first kappa shape index (κ1) is 29.1. The van der Waals surface area contributed by atoms with Crippen molar-refractivity contribution >= 4 is 55.1 Å². The van der Waals surface area contributed by atoms with Crippen LogP contribution in [0.2, 0.25) is 5.02 Å². The number of hydrogen-bond donors (Lipinski definition) is 1. The first-order chi connectivity index (χ1) is 16.4. The molecule has 0 unspecified atom stereocenters. The summed E-state index contributed by atoms with van der Waals surface area (Å²) in [6, 6.07) is 13.5. The van der Waals surface area contributed by atoms with Crippen LogP contribution >= 0.6 is 27.5 Å². The minimum absolute atomic E-state index is 0.0882. The lowest BCUT2D eigenvalue weighted by atomic mass is 10.1. The van der Waals surface area contributed by atoms with Crippen LogP contribution in [0.25, 0.3) is 0 Å². The summed E-state index contributed by atoms with van der Waals surface area (Å²) >= 11 is 9.45. The number of amides is 2. The maximum atomic E-state index is 13.3. The zero-order valence-electron chi connectivity index (χ0n) is 20.5. The van der Waals surface area contributed by atoms with Gasteiger partial charge in [-0.25, -0.2) is 8.42 Å². The second-order valence-corrected chi connectivity index (χ2v) is 12.1. The van der Waals surface area contributed by atoms with Gasteiger partial charge in [0.2, 0.25) is 21.8 Å². The lowest BCUT2D eigenvalue weighted by Crippen LogP contribution is -2.48. The Kier molecular flexibility index (Phi) is 11.0. The van der Waals surface area contributed by atoms with Crippen LogP contribution in [-0.4, -0.2) is 50.5 Å². The highest BCUT2D eigenvalue weighted by molar-refractivity contribution is 9.10. The molecule has 0 aliphatic rings.